The fourth-order valence-corrected chi connectivity index (χ4v) is 6.76. The molecule has 37 heavy (non-hydrogen) atoms. The van der Waals surface area contributed by atoms with Crippen LogP contribution in [0.15, 0.2) is 113 Å². The van der Waals surface area contributed by atoms with Crippen molar-refractivity contribution >= 4 is 38.5 Å². The van der Waals surface area contributed by atoms with Crippen molar-refractivity contribution in [1.82, 2.24) is 0 Å². The average Bonchev–Trinajstić information content (AvgIpc) is 3.04. The van der Waals surface area contributed by atoms with Crippen molar-refractivity contribution in [2.45, 2.75) is 23.7 Å². The van der Waals surface area contributed by atoms with E-state index in [-0.39, 0.29) is 10.9 Å². The van der Waals surface area contributed by atoms with Gasteiger partial charge in [0.15, 0.2) is 0 Å². The second-order valence-electron chi connectivity index (χ2n) is 9.52. The Kier molecular flexibility index (Phi) is 5.31. The van der Waals surface area contributed by atoms with Gasteiger partial charge >= 0.3 is 5.97 Å². The van der Waals surface area contributed by atoms with Gasteiger partial charge < -0.3 is 4.74 Å². The summed E-state index contributed by atoms with van der Waals surface area (Å²) in [5, 5.41) is 2.11. The highest BCUT2D eigenvalue weighted by molar-refractivity contribution is 7.93. The van der Waals surface area contributed by atoms with E-state index in [1.807, 2.05) is 73.7 Å². The average molecular weight is 508 g/mol. The van der Waals surface area contributed by atoms with E-state index in [0.717, 1.165) is 33.0 Å². The molecular weight excluding hydrogens is 482 g/mol. The van der Waals surface area contributed by atoms with Crippen molar-refractivity contribution in [3.63, 3.8) is 0 Å². The number of benzene rings is 4. The van der Waals surface area contributed by atoms with E-state index in [2.05, 4.69) is 0 Å². The molecule has 1 unspecified atom stereocenters. The highest BCUT2D eigenvalue weighted by atomic mass is 32.2. The zero-order valence-corrected chi connectivity index (χ0v) is 21.3. The Hall–Kier alpha value is -4.16. The molecule has 2 aliphatic rings. The molecular formula is C31H25NO4S. The topological polar surface area (TPSA) is 63.7 Å². The molecule has 4 aromatic carbocycles. The van der Waals surface area contributed by atoms with Crippen molar-refractivity contribution in [2.75, 3.05) is 11.4 Å². The summed E-state index contributed by atoms with van der Waals surface area (Å²) in [4.78, 5) is 13.7. The second-order valence-corrected chi connectivity index (χ2v) is 11.3. The third-order valence-corrected chi connectivity index (χ3v) is 9.05. The number of allylic oxidation sites excluding steroid dienone is 1. The minimum atomic E-state index is -3.89. The number of hydrogen-bond acceptors (Lipinski definition) is 4. The zero-order valence-electron chi connectivity index (χ0n) is 20.5. The van der Waals surface area contributed by atoms with Crippen LogP contribution in [0.25, 0.3) is 16.8 Å². The first-order valence-corrected chi connectivity index (χ1v) is 13.5. The summed E-state index contributed by atoms with van der Waals surface area (Å²) in [6, 6.07) is 28.2. The predicted octanol–water partition coefficient (Wildman–Crippen LogP) is 6.14. The third-order valence-electron chi connectivity index (χ3n) is 7.36. The zero-order chi connectivity index (χ0) is 25.8. The number of nitrogens with zero attached hydrogens (tertiary/aromatic N) is 1. The Morgan fingerprint density at radius 3 is 2.35 bits per heavy atom. The van der Waals surface area contributed by atoms with E-state index >= 15 is 0 Å². The lowest BCUT2D eigenvalue weighted by Gasteiger charge is -2.44. The van der Waals surface area contributed by atoms with Crippen LogP contribution in [-0.4, -0.2) is 21.5 Å². The van der Waals surface area contributed by atoms with Gasteiger partial charge in [0.05, 0.1) is 17.7 Å². The number of anilines is 1. The molecule has 6 rings (SSSR count). The van der Waals surface area contributed by atoms with Crippen molar-refractivity contribution in [1.29, 1.82) is 0 Å². The first-order valence-electron chi connectivity index (χ1n) is 12.1. The van der Waals surface area contributed by atoms with Gasteiger partial charge in [-0.15, -0.1) is 0 Å². The van der Waals surface area contributed by atoms with Gasteiger partial charge in [-0.2, -0.15) is 0 Å². The molecule has 0 saturated heterocycles. The molecule has 4 aromatic rings. The Morgan fingerprint density at radius 1 is 0.892 bits per heavy atom. The number of fused-ring (bicyclic) bond motifs is 3. The predicted molar refractivity (Wildman–Crippen MR) is 146 cm³/mol. The van der Waals surface area contributed by atoms with E-state index in [9.17, 15) is 13.2 Å². The molecule has 1 saturated carbocycles. The molecule has 1 aliphatic carbocycles. The van der Waals surface area contributed by atoms with Crippen LogP contribution < -0.4 is 4.31 Å². The smallest absolute Gasteiger partial charge is 0.321 e. The quantitative estimate of drug-likeness (QED) is 0.311. The van der Waals surface area contributed by atoms with Crippen LogP contribution in [0.1, 0.15) is 23.1 Å². The molecule has 0 N–H and O–H groups in total. The van der Waals surface area contributed by atoms with E-state index in [0.29, 0.717) is 17.7 Å². The highest BCUT2D eigenvalue weighted by Crippen LogP contribution is 2.56. The van der Waals surface area contributed by atoms with Gasteiger partial charge in [-0.05, 0) is 76.7 Å². The molecule has 0 aromatic heterocycles. The minimum Gasteiger partial charge on any atom is -0.468 e. The number of hydrogen-bond donors (Lipinski definition) is 0. The van der Waals surface area contributed by atoms with Gasteiger partial charge in [0, 0.05) is 6.20 Å². The van der Waals surface area contributed by atoms with Gasteiger partial charge in [0.25, 0.3) is 10.0 Å². The molecule has 0 bridgehead atoms. The summed E-state index contributed by atoms with van der Waals surface area (Å²) in [6.07, 6.45) is 3.92. The van der Waals surface area contributed by atoms with Gasteiger partial charge in [0.2, 0.25) is 0 Å². The number of esters is 1. The van der Waals surface area contributed by atoms with Crippen molar-refractivity contribution in [2.24, 2.45) is 0 Å². The van der Waals surface area contributed by atoms with Gasteiger partial charge in [-0.3, -0.25) is 4.79 Å². The molecule has 184 valence electrons. The molecule has 1 heterocycles. The van der Waals surface area contributed by atoms with Gasteiger partial charge in [-0.25, -0.2) is 12.7 Å². The van der Waals surface area contributed by atoms with Crippen LogP contribution in [0.3, 0.4) is 0 Å². The van der Waals surface area contributed by atoms with Crippen LogP contribution in [0, 0.1) is 6.92 Å². The minimum absolute atomic E-state index is 0.210. The molecule has 1 aliphatic heterocycles. The summed E-state index contributed by atoms with van der Waals surface area (Å²) in [5.41, 5.74) is 3.57. The number of ether oxygens (including phenoxy) is 1. The van der Waals surface area contributed by atoms with Gasteiger partial charge in [-0.1, -0.05) is 72.3 Å². The lowest BCUT2D eigenvalue weighted by atomic mass is 9.57. The number of methoxy groups -OCH3 is 1. The highest BCUT2D eigenvalue weighted by Gasteiger charge is 2.55. The van der Waals surface area contributed by atoms with E-state index < -0.39 is 15.4 Å². The van der Waals surface area contributed by atoms with Gasteiger partial charge in [0.1, 0.15) is 5.41 Å². The fourth-order valence-electron chi connectivity index (χ4n) is 5.36. The van der Waals surface area contributed by atoms with E-state index in [1.54, 1.807) is 36.5 Å². The van der Waals surface area contributed by atoms with Crippen LogP contribution in [0.5, 0.6) is 0 Å². The van der Waals surface area contributed by atoms with E-state index in [4.69, 9.17) is 4.74 Å². The number of rotatable bonds is 4. The Balaban J connectivity index is 1.54. The summed E-state index contributed by atoms with van der Waals surface area (Å²) >= 11 is 0. The fraction of sp³-hybridized carbons (Fsp3) is 0.129. The third kappa shape index (κ3) is 3.51. The number of carbonyl (C=O) groups excluding carboxylic acids is 1. The first kappa shape index (κ1) is 23.3. The largest absolute Gasteiger partial charge is 0.468 e. The van der Waals surface area contributed by atoms with Crippen LogP contribution in [-0.2, 0) is 25.0 Å². The van der Waals surface area contributed by atoms with E-state index in [1.165, 1.54) is 11.4 Å². The van der Waals surface area contributed by atoms with Crippen molar-refractivity contribution < 1.29 is 17.9 Å². The number of carbonyl (C=O) groups is 1. The molecule has 5 nitrogen and oxygen atoms in total. The monoisotopic (exact) mass is 507 g/mol. The van der Waals surface area contributed by atoms with Crippen LogP contribution in [0.2, 0.25) is 0 Å². The summed E-state index contributed by atoms with van der Waals surface area (Å²) in [5.74, 6) is -0.362. The maximum absolute atomic E-state index is 13.8. The standard InChI is InChI=1S/C31H25NO4S/c1-21-11-15-27(16-12-21)37(34,35)32-20-25-19-31(30(33)36-2,28(25)18-24-9-5-6-10-29(24)32)26-14-13-22-7-3-4-8-23(22)17-26/h3-18,20H,19H2,1-2H3. The van der Waals surface area contributed by atoms with Crippen LogP contribution >= 0.6 is 0 Å². The Bertz CT molecular complexity index is 1730. The van der Waals surface area contributed by atoms with Crippen LogP contribution in [0.4, 0.5) is 5.69 Å². The van der Waals surface area contributed by atoms with Crippen molar-refractivity contribution in [3.8, 4) is 0 Å². The molecule has 1 fully saturated rings. The molecule has 0 spiro atoms. The lowest BCUT2D eigenvalue weighted by Crippen LogP contribution is -2.47. The first-order chi connectivity index (χ1) is 17.8. The number of sulfonamides is 1. The maximum atomic E-state index is 13.8. The SMILES string of the molecule is COC(=O)C1(c2ccc3ccccc3c2)CC2=CN(S(=O)(=O)c3ccc(C)cc3)c3ccccc3C=C21. The number of para-hydroxylation sites is 1. The van der Waals surface area contributed by atoms with Crippen molar-refractivity contribution in [3.05, 3.63) is 125 Å². The number of aryl methyl sites for hydroxylation is 1. The normalized spacial score (nSPS) is 18.6. The summed E-state index contributed by atoms with van der Waals surface area (Å²) in [7, 11) is -2.49. The Labute approximate surface area is 216 Å². The molecule has 1 atom stereocenters. The molecule has 6 heteroatoms. The molecule has 0 amide bonds. The summed E-state index contributed by atoms with van der Waals surface area (Å²) < 4.78 is 34.3. The Morgan fingerprint density at radius 2 is 1.59 bits per heavy atom. The second kappa shape index (κ2) is 8.46. The maximum Gasteiger partial charge on any atom is 0.321 e. The lowest BCUT2D eigenvalue weighted by molar-refractivity contribution is -0.147. The molecule has 0 radical (unpaired) electrons. The summed E-state index contributed by atoms with van der Waals surface area (Å²) in [6.45, 7) is 1.92.